The number of likely N-dealkylation sites (N-methyl/N-ethyl adjacent to an activating group) is 1. The number of ether oxygens (including phenoxy) is 1. The van der Waals surface area contributed by atoms with Crippen LogP contribution in [0, 0.1) is 0 Å². The summed E-state index contributed by atoms with van der Waals surface area (Å²) in [5, 5.41) is 12.7. The average molecular weight is 582 g/mol. The number of sulfonamides is 1. The highest BCUT2D eigenvalue weighted by Gasteiger charge is 2.30. The number of hydrogen-bond donors (Lipinski definition) is 0. The van der Waals surface area contributed by atoms with Crippen molar-refractivity contribution in [1.82, 2.24) is 43.7 Å². The SMILES string of the molecule is CCCc1c2nc(-c3cc(S(=O)(=O)N4CCN(CC)CC4)cnc3OC(C)C)n(C)c(=O)c2nn1-c1cccnn1. The summed E-state index contributed by atoms with van der Waals surface area (Å²) in [6.07, 6.45) is 3.99. The Bertz CT molecular complexity index is 1710. The zero-order chi connectivity index (χ0) is 29.3. The molecule has 0 spiro atoms. The Kier molecular flexibility index (Phi) is 8.16. The van der Waals surface area contributed by atoms with E-state index in [4.69, 9.17) is 9.72 Å². The quantitative estimate of drug-likeness (QED) is 0.288. The first-order chi connectivity index (χ1) is 19.6. The Hall–Kier alpha value is -3.75. The summed E-state index contributed by atoms with van der Waals surface area (Å²) in [6, 6.07) is 5.01. The largest absolute Gasteiger partial charge is 0.474 e. The third-order valence-corrected chi connectivity index (χ3v) is 8.95. The molecule has 0 amide bonds. The molecule has 5 rings (SSSR count). The maximum atomic E-state index is 13.7. The van der Waals surface area contributed by atoms with Crippen molar-refractivity contribution < 1.29 is 13.2 Å². The van der Waals surface area contributed by atoms with Crippen molar-refractivity contribution in [2.75, 3.05) is 32.7 Å². The van der Waals surface area contributed by atoms with Crippen LogP contribution in [0.2, 0.25) is 0 Å². The maximum Gasteiger partial charge on any atom is 0.281 e. The summed E-state index contributed by atoms with van der Waals surface area (Å²) in [6.45, 7) is 10.8. The number of hydrogen-bond acceptors (Lipinski definition) is 10. The van der Waals surface area contributed by atoms with Crippen LogP contribution in [0.15, 0.2) is 40.3 Å². The molecule has 0 saturated carbocycles. The molecule has 0 atom stereocenters. The minimum Gasteiger partial charge on any atom is -0.474 e. The van der Waals surface area contributed by atoms with Crippen LogP contribution in [0.4, 0.5) is 0 Å². The first-order valence-electron chi connectivity index (χ1n) is 13.8. The van der Waals surface area contributed by atoms with E-state index in [1.54, 1.807) is 30.1 Å². The van der Waals surface area contributed by atoms with Crippen molar-refractivity contribution in [1.29, 1.82) is 0 Å². The molecule has 5 heterocycles. The number of nitrogens with zero attached hydrogens (tertiary/aromatic N) is 9. The van der Waals surface area contributed by atoms with Gasteiger partial charge in [0.1, 0.15) is 16.2 Å². The van der Waals surface area contributed by atoms with Gasteiger partial charge in [0.05, 0.1) is 23.6 Å². The minimum absolute atomic E-state index is 0.0203. The van der Waals surface area contributed by atoms with Gasteiger partial charge in [-0.2, -0.15) is 14.5 Å². The highest BCUT2D eigenvalue weighted by Crippen LogP contribution is 2.32. The molecule has 0 bridgehead atoms. The smallest absolute Gasteiger partial charge is 0.281 e. The molecule has 218 valence electrons. The van der Waals surface area contributed by atoms with Gasteiger partial charge in [0.2, 0.25) is 15.9 Å². The van der Waals surface area contributed by atoms with E-state index in [9.17, 15) is 13.2 Å². The predicted molar refractivity (Wildman–Crippen MR) is 154 cm³/mol. The van der Waals surface area contributed by atoms with Gasteiger partial charge in [-0.15, -0.1) is 5.10 Å². The Morgan fingerprint density at radius 2 is 1.85 bits per heavy atom. The molecule has 0 unspecified atom stereocenters. The van der Waals surface area contributed by atoms with Crippen LogP contribution in [-0.2, 0) is 23.5 Å². The Morgan fingerprint density at radius 3 is 2.49 bits per heavy atom. The molecular weight excluding hydrogens is 546 g/mol. The molecule has 4 aromatic rings. The maximum absolute atomic E-state index is 13.7. The topological polar surface area (TPSA) is 141 Å². The average Bonchev–Trinajstić information content (AvgIpc) is 3.34. The van der Waals surface area contributed by atoms with Gasteiger partial charge in [-0.05, 0) is 45.0 Å². The summed E-state index contributed by atoms with van der Waals surface area (Å²) in [5.41, 5.74) is 1.23. The van der Waals surface area contributed by atoms with Crippen LogP contribution in [0.1, 0.15) is 39.8 Å². The van der Waals surface area contributed by atoms with Crippen LogP contribution in [0.3, 0.4) is 0 Å². The van der Waals surface area contributed by atoms with Crippen molar-refractivity contribution in [2.24, 2.45) is 7.05 Å². The van der Waals surface area contributed by atoms with Gasteiger partial charge in [0.15, 0.2) is 11.3 Å². The molecule has 0 N–H and O–H groups in total. The third kappa shape index (κ3) is 5.46. The lowest BCUT2D eigenvalue weighted by atomic mass is 10.2. The fraction of sp³-hybridized carbons (Fsp3) is 0.481. The zero-order valence-corrected chi connectivity index (χ0v) is 24.8. The number of fused-ring (bicyclic) bond motifs is 1. The van der Waals surface area contributed by atoms with Crippen molar-refractivity contribution in [2.45, 2.75) is 51.5 Å². The molecule has 4 aromatic heterocycles. The second kappa shape index (κ2) is 11.6. The normalized spacial score (nSPS) is 15.2. The van der Waals surface area contributed by atoms with Crippen LogP contribution < -0.4 is 10.3 Å². The number of pyridine rings is 1. The fourth-order valence-electron chi connectivity index (χ4n) is 4.93. The molecule has 14 heteroatoms. The van der Waals surface area contributed by atoms with Crippen molar-refractivity contribution in [3.05, 3.63) is 46.6 Å². The van der Waals surface area contributed by atoms with Gasteiger partial charge in [-0.25, -0.2) is 23.1 Å². The monoisotopic (exact) mass is 581 g/mol. The van der Waals surface area contributed by atoms with E-state index in [1.165, 1.54) is 21.1 Å². The highest BCUT2D eigenvalue weighted by atomic mass is 32.2. The predicted octanol–water partition coefficient (Wildman–Crippen LogP) is 2.04. The molecular formula is C27H35N9O4S. The van der Waals surface area contributed by atoms with Crippen molar-refractivity contribution in [3.63, 3.8) is 0 Å². The Balaban J connectivity index is 1.69. The Morgan fingerprint density at radius 1 is 1.10 bits per heavy atom. The second-order valence-electron chi connectivity index (χ2n) is 10.2. The van der Waals surface area contributed by atoms with E-state index in [0.29, 0.717) is 55.2 Å². The number of aryl methyl sites for hydroxylation is 1. The van der Waals surface area contributed by atoms with Crippen molar-refractivity contribution >= 4 is 21.1 Å². The highest BCUT2D eigenvalue weighted by molar-refractivity contribution is 7.89. The van der Waals surface area contributed by atoms with Crippen molar-refractivity contribution in [3.8, 4) is 23.1 Å². The van der Waals surface area contributed by atoms with E-state index in [2.05, 4.69) is 32.1 Å². The molecule has 0 aromatic carbocycles. The van der Waals surface area contributed by atoms with Crippen LogP contribution >= 0.6 is 0 Å². The first kappa shape index (κ1) is 28.8. The Labute approximate surface area is 238 Å². The summed E-state index contributed by atoms with van der Waals surface area (Å²) < 4.78 is 37.8. The summed E-state index contributed by atoms with van der Waals surface area (Å²) in [7, 11) is -2.26. The van der Waals surface area contributed by atoms with E-state index < -0.39 is 10.0 Å². The number of aromatic nitrogens is 7. The fourth-order valence-corrected chi connectivity index (χ4v) is 6.32. The number of piperazine rings is 1. The molecule has 13 nitrogen and oxygen atoms in total. The van der Waals surface area contributed by atoms with Crippen LogP contribution in [-0.4, -0.2) is 91.0 Å². The lowest BCUT2D eigenvalue weighted by Crippen LogP contribution is -2.48. The van der Waals surface area contributed by atoms with E-state index >= 15 is 0 Å². The first-order valence-corrected chi connectivity index (χ1v) is 15.3. The van der Waals surface area contributed by atoms with Gasteiger partial charge < -0.3 is 9.64 Å². The van der Waals surface area contributed by atoms with Crippen LogP contribution in [0.25, 0.3) is 28.2 Å². The second-order valence-corrected chi connectivity index (χ2v) is 12.2. The summed E-state index contributed by atoms with van der Waals surface area (Å²) in [5.74, 6) is 0.892. The summed E-state index contributed by atoms with van der Waals surface area (Å²) in [4.78, 5) is 25.2. The molecule has 0 aliphatic carbocycles. The molecule has 1 aliphatic heterocycles. The third-order valence-electron chi connectivity index (χ3n) is 7.09. The van der Waals surface area contributed by atoms with Gasteiger partial charge in [-0.1, -0.05) is 20.3 Å². The van der Waals surface area contributed by atoms with Gasteiger partial charge >= 0.3 is 0 Å². The van der Waals surface area contributed by atoms with Crippen LogP contribution in [0.5, 0.6) is 5.88 Å². The van der Waals surface area contributed by atoms with Gasteiger partial charge in [0.25, 0.3) is 5.56 Å². The molecule has 1 aliphatic rings. The lowest BCUT2D eigenvalue weighted by molar-refractivity contribution is 0.196. The van der Waals surface area contributed by atoms with Gasteiger partial charge in [0, 0.05) is 39.4 Å². The van der Waals surface area contributed by atoms with Gasteiger partial charge in [-0.3, -0.25) is 9.36 Å². The summed E-state index contributed by atoms with van der Waals surface area (Å²) >= 11 is 0. The minimum atomic E-state index is -3.84. The number of rotatable bonds is 9. The molecule has 1 saturated heterocycles. The lowest BCUT2D eigenvalue weighted by Gasteiger charge is -2.33. The molecule has 41 heavy (non-hydrogen) atoms. The standard InChI is InChI=1S/C27H35N9O4S/c1-6-9-21-23-24(32-36(21)22-10-8-11-29-31-22)27(37)33(5)25(30-23)20-16-19(17-28-26(20)40-18(3)4)41(38,39)35-14-12-34(7-2)13-15-35/h8,10-11,16-18H,6-7,9,12-15H2,1-5H3. The zero-order valence-electron chi connectivity index (χ0n) is 24.0. The van der Waals surface area contributed by atoms with E-state index in [-0.39, 0.29) is 33.8 Å². The molecule has 0 radical (unpaired) electrons. The van der Waals surface area contributed by atoms with E-state index in [1.807, 2.05) is 20.8 Å². The molecule has 1 fully saturated rings. The van der Waals surface area contributed by atoms with E-state index in [0.717, 1.165) is 13.0 Å².